The van der Waals surface area contributed by atoms with E-state index in [1.807, 2.05) is 0 Å². The lowest BCUT2D eigenvalue weighted by Gasteiger charge is -2.06. The van der Waals surface area contributed by atoms with Crippen molar-refractivity contribution in [2.45, 2.75) is 0 Å². The molecule has 1 aromatic heterocycles. The van der Waals surface area contributed by atoms with Gasteiger partial charge in [-0.15, -0.1) is 0 Å². The number of nitrogens with two attached hydrogens (primary N) is 1. The van der Waals surface area contributed by atoms with Gasteiger partial charge in [0.05, 0.1) is 0 Å². The van der Waals surface area contributed by atoms with E-state index >= 15 is 0 Å². The molecular weight excluding hydrogens is 215 g/mol. The van der Waals surface area contributed by atoms with E-state index in [0.29, 0.717) is 16.8 Å². The molecule has 2 aromatic rings. The third kappa shape index (κ3) is 1.92. The normalized spacial score (nSPS) is 10.3. The number of nitrogen functional groups attached to an aromatic ring is 1. The first-order chi connectivity index (χ1) is 7.18. The molecule has 0 unspecified atom stereocenters. The average Bonchev–Trinajstić information content (AvgIpc) is 2.17. The highest BCUT2D eigenvalue weighted by Crippen LogP contribution is 2.31. The Morgan fingerprint density at radius 2 is 2.07 bits per heavy atom. The van der Waals surface area contributed by atoms with Crippen molar-refractivity contribution in [1.82, 2.24) is 4.98 Å². The fraction of sp³-hybridized carbons (Fsp3) is 0. The molecule has 0 aliphatic rings. The molecule has 0 saturated heterocycles. The number of benzene rings is 1. The second-order valence-electron chi connectivity index (χ2n) is 3.08. The third-order valence-electron chi connectivity index (χ3n) is 2.05. The van der Waals surface area contributed by atoms with Crippen molar-refractivity contribution in [3.8, 4) is 11.1 Å². The molecule has 0 fully saturated rings. The van der Waals surface area contributed by atoms with Crippen molar-refractivity contribution in [3.05, 3.63) is 47.5 Å². The molecule has 0 aliphatic carbocycles. The summed E-state index contributed by atoms with van der Waals surface area (Å²) < 4.78 is 13.0. The summed E-state index contributed by atoms with van der Waals surface area (Å²) in [6.45, 7) is 0. The van der Waals surface area contributed by atoms with Gasteiger partial charge in [0.15, 0.2) is 0 Å². The molecule has 4 heteroatoms. The molecule has 1 aromatic carbocycles. The van der Waals surface area contributed by atoms with Crippen LogP contribution in [0.5, 0.6) is 0 Å². The molecule has 2 N–H and O–H groups in total. The van der Waals surface area contributed by atoms with Gasteiger partial charge in [0.1, 0.15) is 11.0 Å². The smallest absolute Gasteiger partial charge is 0.138 e. The van der Waals surface area contributed by atoms with Gasteiger partial charge in [0, 0.05) is 17.4 Å². The molecule has 15 heavy (non-hydrogen) atoms. The van der Waals surface area contributed by atoms with Crippen LogP contribution in [0.3, 0.4) is 0 Å². The number of hydrogen-bond donors (Lipinski definition) is 1. The predicted molar refractivity (Wildman–Crippen MR) is 59.1 cm³/mol. The van der Waals surface area contributed by atoms with Gasteiger partial charge in [0.25, 0.3) is 0 Å². The maximum atomic E-state index is 13.0. The standard InChI is InChI=1S/C11H8ClFN2/c12-11-10(9(14)4-5-15-11)7-2-1-3-8(13)6-7/h1-6H,(H2,14,15). The minimum absolute atomic E-state index is 0.278. The molecule has 2 rings (SSSR count). The van der Waals surface area contributed by atoms with Crippen LogP contribution in [0.25, 0.3) is 11.1 Å². The Bertz CT molecular complexity index is 479. The summed E-state index contributed by atoms with van der Waals surface area (Å²) in [7, 11) is 0. The van der Waals surface area contributed by atoms with Crippen LogP contribution in [0.4, 0.5) is 10.1 Å². The Morgan fingerprint density at radius 1 is 1.27 bits per heavy atom. The quantitative estimate of drug-likeness (QED) is 0.753. The molecular formula is C11H8ClFN2. The van der Waals surface area contributed by atoms with E-state index in [9.17, 15) is 4.39 Å². The first-order valence-electron chi connectivity index (χ1n) is 4.34. The average molecular weight is 223 g/mol. The minimum atomic E-state index is -0.327. The number of aromatic nitrogens is 1. The maximum Gasteiger partial charge on any atom is 0.138 e. The fourth-order valence-electron chi connectivity index (χ4n) is 1.38. The van der Waals surface area contributed by atoms with Gasteiger partial charge in [-0.25, -0.2) is 9.37 Å². The summed E-state index contributed by atoms with van der Waals surface area (Å²) in [4.78, 5) is 3.91. The van der Waals surface area contributed by atoms with E-state index in [-0.39, 0.29) is 11.0 Å². The van der Waals surface area contributed by atoms with Crippen LogP contribution in [-0.2, 0) is 0 Å². The van der Waals surface area contributed by atoms with E-state index < -0.39 is 0 Å². The first kappa shape index (κ1) is 9.93. The van der Waals surface area contributed by atoms with Crippen molar-refractivity contribution in [2.24, 2.45) is 0 Å². The van der Waals surface area contributed by atoms with Crippen LogP contribution in [0.15, 0.2) is 36.5 Å². The number of hydrogen-bond acceptors (Lipinski definition) is 2. The predicted octanol–water partition coefficient (Wildman–Crippen LogP) is 3.12. The molecule has 0 bridgehead atoms. The van der Waals surface area contributed by atoms with Gasteiger partial charge < -0.3 is 5.73 Å². The summed E-state index contributed by atoms with van der Waals surface area (Å²) in [5.74, 6) is -0.327. The van der Waals surface area contributed by atoms with Crippen molar-refractivity contribution in [2.75, 3.05) is 5.73 Å². The third-order valence-corrected chi connectivity index (χ3v) is 2.34. The summed E-state index contributed by atoms with van der Waals surface area (Å²) in [5.41, 5.74) is 7.44. The Kier molecular flexibility index (Phi) is 2.56. The zero-order valence-electron chi connectivity index (χ0n) is 7.74. The van der Waals surface area contributed by atoms with Gasteiger partial charge in [-0.3, -0.25) is 0 Å². The summed E-state index contributed by atoms with van der Waals surface area (Å²) >= 11 is 5.90. The molecule has 0 radical (unpaired) electrons. The second kappa shape index (κ2) is 3.87. The highest BCUT2D eigenvalue weighted by Gasteiger charge is 2.08. The van der Waals surface area contributed by atoms with Crippen LogP contribution >= 0.6 is 11.6 Å². The first-order valence-corrected chi connectivity index (χ1v) is 4.72. The fourth-order valence-corrected chi connectivity index (χ4v) is 1.65. The largest absolute Gasteiger partial charge is 0.398 e. The molecule has 76 valence electrons. The monoisotopic (exact) mass is 222 g/mol. The molecule has 0 atom stereocenters. The molecule has 2 nitrogen and oxygen atoms in total. The zero-order chi connectivity index (χ0) is 10.8. The molecule has 1 heterocycles. The summed E-state index contributed by atoms with van der Waals surface area (Å²) in [6.07, 6.45) is 1.51. The minimum Gasteiger partial charge on any atom is -0.398 e. The van der Waals surface area contributed by atoms with Crippen LogP contribution in [-0.4, -0.2) is 4.98 Å². The lowest BCUT2D eigenvalue weighted by Crippen LogP contribution is -1.93. The highest BCUT2D eigenvalue weighted by atomic mass is 35.5. The number of anilines is 1. The lowest BCUT2D eigenvalue weighted by atomic mass is 10.1. The highest BCUT2D eigenvalue weighted by molar-refractivity contribution is 6.32. The van der Waals surface area contributed by atoms with E-state index in [2.05, 4.69) is 4.98 Å². The Morgan fingerprint density at radius 3 is 2.73 bits per heavy atom. The second-order valence-corrected chi connectivity index (χ2v) is 3.43. The van der Waals surface area contributed by atoms with Gasteiger partial charge in [-0.2, -0.15) is 0 Å². The van der Waals surface area contributed by atoms with E-state index in [4.69, 9.17) is 17.3 Å². The molecule has 0 amide bonds. The summed E-state index contributed by atoms with van der Waals surface area (Å²) in [5, 5.41) is 0.278. The Hall–Kier alpha value is -1.61. The van der Waals surface area contributed by atoms with Crippen molar-refractivity contribution < 1.29 is 4.39 Å². The Labute approximate surface area is 91.5 Å². The maximum absolute atomic E-state index is 13.0. The van der Waals surface area contributed by atoms with Gasteiger partial charge in [0.2, 0.25) is 0 Å². The SMILES string of the molecule is Nc1ccnc(Cl)c1-c1cccc(F)c1. The lowest BCUT2D eigenvalue weighted by molar-refractivity contribution is 0.628. The summed E-state index contributed by atoms with van der Waals surface area (Å²) in [6, 6.07) is 7.71. The number of rotatable bonds is 1. The van der Waals surface area contributed by atoms with Gasteiger partial charge in [-0.1, -0.05) is 23.7 Å². The van der Waals surface area contributed by atoms with Crippen molar-refractivity contribution in [3.63, 3.8) is 0 Å². The van der Waals surface area contributed by atoms with E-state index in [0.717, 1.165) is 0 Å². The van der Waals surface area contributed by atoms with Gasteiger partial charge >= 0.3 is 0 Å². The Balaban J connectivity index is 2.63. The number of nitrogens with zero attached hydrogens (tertiary/aromatic N) is 1. The van der Waals surface area contributed by atoms with Gasteiger partial charge in [-0.05, 0) is 23.8 Å². The number of halogens is 2. The van der Waals surface area contributed by atoms with E-state index in [1.54, 1.807) is 18.2 Å². The van der Waals surface area contributed by atoms with Crippen LogP contribution in [0.1, 0.15) is 0 Å². The molecule has 0 aliphatic heterocycles. The van der Waals surface area contributed by atoms with Crippen molar-refractivity contribution in [1.29, 1.82) is 0 Å². The van der Waals surface area contributed by atoms with E-state index in [1.165, 1.54) is 18.3 Å². The van der Waals surface area contributed by atoms with Crippen LogP contribution in [0, 0.1) is 5.82 Å². The molecule has 0 spiro atoms. The zero-order valence-corrected chi connectivity index (χ0v) is 8.50. The van der Waals surface area contributed by atoms with Crippen LogP contribution in [0.2, 0.25) is 5.15 Å². The van der Waals surface area contributed by atoms with Crippen molar-refractivity contribution >= 4 is 17.3 Å². The number of pyridine rings is 1. The topological polar surface area (TPSA) is 38.9 Å². The molecule has 0 saturated carbocycles. The van der Waals surface area contributed by atoms with Crippen LogP contribution < -0.4 is 5.73 Å².